The molecule has 0 aromatic rings. The van der Waals surface area contributed by atoms with Crippen molar-refractivity contribution in [2.45, 2.75) is 71.2 Å². The first kappa shape index (κ1) is 27.4. The number of esters is 1. The van der Waals surface area contributed by atoms with Crippen LogP contribution in [-0.4, -0.2) is 52.1 Å². The highest BCUT2D eigenvalue weighted by molar-refractivity contribution is 5.97. The van der Waals surface area contributed by atoms with Gasteiger partial charge in [-0.1, -0.05) is 44.2 Å². The number of carbonyl (C=O) groups is 4. The standard InChI is InChI=1S/C26H35NO7/c1-16-13-17(2)26(34-24(32)12-7-5-4-6-10-21(29)25(16)33)18(3)20(28)11-8-9-19-14-22(30)27-23(31)15-19/h6-8,10-13,16,18-19,21,25-26,29,33H,4-5,9,14-15H2,1-3H3,(H,27,30,31)/b10-6+,11-8+,12-7+,17-13-/t16-,18-,21+,25+,26+/m1/s1. The summed E-state index contributed by atoms with van der Waals surface area (Å²) in [5.41, 5.74) is 0.588. The van der Waals surface area contributed by atoms with E-state index in [9.17, 15) is 29.4 Å². The molecule has 0 saturated carbocycles. The number of cyclic esters (lactones) is 1. The van der Waals surface area contributed by atoms with E-state index in [0.717, 1.165) is 0 Å². The zero-order chi connectivity index (χ0) is 25.3. The van der Waals surface area contributed by atoms with Gasteiger partial charge in [0.2, 0.25) is 11.8 Å². The normalized spacial score (nSPS) is 32.1. The van der Waals surface area contributed by atoms with Gasteiger partial charge >= 0.3 is 5.97 Å². The van der Waals surface area contributed by atoms with E-state index in [1.165, 1.54) is 12.2 Å². The molecule has 0 aliphatic carbocycles. The highest BCUT2D eigenvalue weighted by atomic mass is 16.5. The fraction of sp³-hybridized carbons (Fsp3) is 0.538. The van der Waals surface area contributed by atoms with Crippen LogP contribution in [0, 0.1) is 17.8 Å². The molecule has 8 nitrogen and oxygen atoms in total. The number of nitrogens with one attached hydrogen (secondary N) is 1. The zero-order valence-corrected chi connectivity index (χ0v) is 20.0. The Hall–Kier alpha value is -2.84. The Balaban J connectivity index is 2.16. The molecule has 0 aromatic carbocycles. The van der Waals surface area contributed by atoms with Crippen molar-refractivity contribution in [1.29, 1.82) is 0 Å². The van der Waals surface area contributed by atoms with Crippen LogP contribution in [-0.2, 0) is 23.9 Å². The van der Waals surface area contributed by atoms with Gasteiger partial charge in [-0.25, -0.2) is 4.79 Å². The highest BCUT2D eigenvalue weighted by Gasteiger charge is 2.29. The first-order valence-corrected chi connectivity index (χ1v) is 11.7. The quantitative estimate of drug-likeness (QED) is 0.242. The van der Waals surface area contributed by atoms with Crippen LogP contribution in [0.25, 0.3) is 0 Å². The molecule has 8 heteroatoms. The number of hydrogen-bond donors (Lipinski definition) is 3. The van der Waals surface area contributed by atoms with Crippen molar-refractivity contribution in [3.8, 4) is 0 Å². The minimum atomic E-state index is -1.05. The maximum absolute atomic E-state index is 12.9. The Morgan fingerprint density at radius 3 is 2.50 bits per heavy atom. The van der Waals surface area contributed by atoms with Crippen LogP contribution in [0.3, 0.4) is 0 Å². The van der Waals surface area contributed by atoms with E-state index in [-0.39, 0.29) is 36.4 Å². The smallest absolute Gasteiger partial charge is 0.331 e. The molecule has 0 aromatic heterocycles. The number of piperidine rings is 1. The Kier molecular flexibility index (Phi) is 10.6. The van der Waals surface area contributed by atoms with Crippen LogP contribution in [0.5, 0.6) is 0 Å². The van der Waals surface area contributed by atoms with E-state index in [1.54, 1.807) is 51.2 Å². The molecule has 34 heavy (non-hydrogen) atoms. The molecule has 0 bridgehead atoms. The lowest BCUT2D eigenvalue weighted by molar-refractivity contribution is -0.145. The third-order valence-electron chi connectivity index (χ3n) is 6.07. The number of aliphatic hydroxyl groups is 2. The van der Waals surface area contributed by atoms with E-state index < -0.39 is 36.1 Å². The predicted octanol–water partition coefficient (Wildman–Crippen LogP) is 2.31. The third-order valence-corrected chi connectivity index (χ3v) is 6.07. The molecule has 186 valence electrons. The summed E-state index contributed by atoms with van der Waals surface area (Å²) in [6.07, 6.45) is 10.1. The van der Waals surface area contributed by atoms with E-state index in [2.05, 4.69) is 5.32 Å². The van der Waals surface area contributed by atoms with Crippen LogP contribution in [0.15, 0.2) is 48.1 Å². The molecule has 2 rings (SSSR count). The highest BCUT2D eigenvalue weighted by Crippen LogP contribution is 2.23. The molecule has 1 fully saturated rings. The molecule has 2 aliphatic heterocycles. The minimum Gasteiger partial charge on any atom is -0.454 e. The van der Waals surface area contributed by atoms with Crippen LogP contribution < -0.4 is 5.32 Å². The Morgan fingerprint density at radius 1 is 1.18 bits per heavy atom. The summed E-state index contributed by atoms with van der Waals surface area (Å²) in [5, 5.41) is 22.9. The summed E-state index contributed by atoms with van der Waals surface area (Å²) < 4.78 is 5.62. The summed E-state index contributed by atoms with van der Waals surface area (Å²) in [5.74, 6) is -2.77. The molecule has 0 spiro atoms. The van der Waals surface area contributed by atoms with Crippen molar-refractivity contribution in [1.82, 2.24) is 5.32 Å². The summed E-state index contributed by atoms with van der Waals surface area (Å²) in [6, 6.07) is 0. The average molecular weight is 474 g/mol. The van der Waals surface area contributed by atoms with Gasteiger partial charge in [0, 0.05) is 24.8 Å². The molecule has 2 heterocycles. The summed E-state index contributed by atoms with van der Waals surface area (Å²) in [6.45, 7) is 5.12. The fourth-order valence-electron chi connectivity index (χ4n) is 4.09. The molecule has 1 saturated heterocycles. The van der Waals surface area contributed by atoms with Crippen molar-refractivity contribution < 1.29 is 34.1 Å². The van der Waals surface area contributed by atoms with Crippen molar-refractivity contribution in [3.05, 3.63) is 48.1 Å². The lowest BCUT2D eigenvalue weighted by atomic mass is 9.89. The van der Waals surface area contributed by atoms with Crippen molar-refractivity contribution in [2.24, 2.45) is 17.8 Å². The lowest BCUT2D eigenvalue weighted by Gasteiger charge is -2.26. The zero-order valence-electron chi connectivity index (χ0n) is 20.0. The molecule has 0 radical (unpaired) electrons. The molecular formula is C26H35NO7. The molecule has 5 atom stereocenters. The van der Waals surface area contributed by atoms with Gasteiger partial charge in [0.05, 0.1) is 18.1 Å². The first-order valence-electron chi connectivity index (χ1n) is 11.7. The van der Waals surface area contributed by atoms with Crippen LogP contribution in [0.4, 0.5) is 0 Å². The number of ether oxygens (including phenoxy) is 1. The van der Waals surface area contributed by atoms with Gasteiger partial charge in [-0.3, -0.25) is 19.7 Å². The maximum Gasteiger partial charge on any atom is 0.331 e. The number of imide groups is 1. The second-order valence-corrected chi connectivity index (χ2v) is 9.09. The van der Waals surface area contributed by atoms with Crippen molar-refractivity contribution in [3.63, 3.8) is 0 Å². The monoisotopic (exact) mass is 473 g/mol. The van der Waals surface area contributed by atoms with Crippen LogP contribution in [0.2, 0.25) is 0 Å². The average Bonchev–Trinajstić information content (AvgIpc) is 2.77. The number of ketones is 1. The molecule has 2 amide bonds. The van der Waals surface area contributed by atoms with Crippen LogP contribution >= 0.6 is 0 Å². The SMILES string of the molecule is C/C1=C/[C@@H](C)[C@H](O)[C@@H](O)/C=C/CC/C=C/C(=O)O[C@@H]1[C@H](C)C(=O)/C=C/CC1CC(=O)NC(=O)C1. The second kappa shape index (κ2) is 13.2. The number of allylic oxidation sites excluding steroid dienone is 4. The van der Waals surface area contributed by atoms with Gasteiger partial charge < -0.3 is 14.9 Å². The topological polar surface area (TPSA) is 130 Å². The van der Waals surface area contributed by atoms with Gasteiger partial charge in [0.25, 0.3) is 0 Å². The third kappa shape index (κ3) is 8.50. The van der Waals surface area contributed by atoms with E-state index in [0.29, 0.717) is 24.8 Å². The van der Waals surface area contributed by atoms with Crippen molar-refractivity contribution in [2.75, 3.05) is 0 Å². The van der Waals surface area contributed by atoms with Crippen molar-refractivity contribution >= 4 is 23.6 Å². The van der Waals surface area contributed by atoms with Gasteiger partial charge in [0.1, 0.15) is 6.10 Å². The van der Waals surface area contributed by atoms with Gasteiger partial charge in [-0.05, 0) is 43.8 Å². The Labute approximate surface area is 200 Å². The number of hydrogen-bond acceptors (Lipinski definition) is 7. The van der Waals surface area contributed by atoms with Crippen LogP contribution in [0.1, 0.15) is 52.9 Å². The van der Waals surface area contributed by atoms with Gasteiger partial charge in [0.15, 0.2) is 5.78 Å². The molecule has 2 aliphatic rings. The number of aliphatic hydroxyl groups excluding tert-OH is 2. The predicted molar refractivity (Wildman–Crippen MR) is 126 cm³/mol. The molecule has 3 N–H and O–H groups in total. The van der Waals surface area contributed by atoms with Gasteiger partial charge in [-0.2, -0.15) is 0 Å². The lowest BCUT2D eigenvalue weighted by Crippen LogP contribution is -2.38. The molecule has 0 unspecified atom stereocenters. The largest absolute Gasteiger partial charge is 0.454 e. The Bertz CT molecular complexity index is 870. The minimum absolute atomic E-state index is 0.151. The fourth-order valence-corrected chi connectivity index (χ4v) is 4.09. The van der Waals surface area contributed by atoms with Gasteiger partial charge in [-0.15, -0.1) is 0 Å². The number of amides is 2. The second-order valence-electron chi connectivity index (χ2n) is 9.09. The summed E-state index contributed by atoms with van der Waals surface area (Å²) in [4.78, 5) is 48.3. The Morgan fingerprint density at radius 2 is 1.82 bits per heavy atom. The molecular weight excluding hydrogens is 438 g/mol. The first-order chi connectivity index (χ1) is 16.1. The van der Waals surface area contributed by atoms with E-state index in [1.807, 2.05) is 0 Å². The maximum atomic E-state index is 12.9. The summed E-state index contributed by atoms with van der Waals surface area (Å²) >= 11 is 0. The van der Waals surface area contributed by atoms with E-state index in [4.69, 9.17) is 4.74 Å². The number of carbonyl (C=O) groups excluding carboxylic acids is 4. The summed E-state index contributed by atoms with van der Waals surface area (Å²) in [7, 11) is 0. The number of rotatable bonds is 5. The van der Waals surface area contributed by atoms with E-state index >= 15 is 0 Å².